The van der Waals surface area contributed by atoms with Gasteiger partial charge in [0, 0.05) is 18.4 Å². The summed E-state index contributed by atoms with van der Waals surface area (Å²) in [7, 11) is 0. The van der Waals surface area contributed by atoms with Crippen LogP contribution >= 0.6 is 0 Å². The molecule has 1 aliphatic heterocycles. The average Bonchev–Trinajstić information content (AvgIpc) is 2.46. The normalized spacial score (nSPS) is 24.6. The summed E-state index contributed by atoms with van der Waals surface area (Å²) in [6.45, 7) is 3.42. The van der Waals surface area contributed by atoms with Crippen LogP contribution in [0.1, 0.15) is 31.9 Å². The van der Waals surface area contributed by atoms with Gasteiger partial charge in [0.15, 0.2) is 0 Å². The number of nitrogens with one attached hydrogen (secondary N) is 1. The van der Waals surface area contributed by atoms with E-state index in [1.165, 1.54) is 18.5 Å². The lowest BCUT2D eigenvalue weighted by Gasteiger charge is -2.05. The van der Waals surface area contributed by atoms with Crippen molar-refractivity contribution in [2.24, 2.45) is 5.92 Å². The smallest absolute Gasteiger partial charge is 0.0646 e. The van der Waals surface area contributed by atoms with E-state index in [2.05, 4.69) is 23.3 Å². The second kappa shape index (κ2) is 4.96. The van der Waals surface area contributed by atoms with Gasteiger partial charge >= 0.3 is 0 Å². The van der Waals surface area contributed by atoms with E-state index in [1.807, 2.05) is 24.4 Å². The Morgan fingerprint density at radius 2 is 2.33 bits per heavy atom. The van der Waals surface area contributed by atoms with E-state index >= 15 is 0 Å². The number of hydrogen-bond acceptors (Lipinski definition) is 2. The van der Waals surface area contributed by atoms with E-state index < -0.39 is 0 Å². The molecule has 2 rings (SSSR count). The van der Waals surface area contributed by atoms with Crippen LogP contribution in [0.15, 0.2) is 30.1 Å². The Balaban J connectivity index is 2.06. The van der Waals surface area contributed by atoms with Gasteiger partial charge in [0.05, 0.1) is 5.69 Å². The zero-order valence-corrected chi connectivity index (χ0v) is 9.24. The second-order valence-corrected chi connectivity index (χ2v) is 4.28. The summed E-state index contributed by atoms with van der Waals surface area (Å²) in [5.74, 6) is 0.840. The summed E-state index contributed by atoms with van der Waals surface area (Å²) in [5.41, 5.74) is 2.38. The van der Waals surface area contributed by atoms with Crippen molar-refractivity contribution in [3.8, 4) is 0 Å². The minimum atomic E-state index is 0.840. The first-order valence-corrected chi connectivity index (χ1v) is 5.70. The van der Waals surface area contributed by atoms with Gasteiger partial charge in [0.1, 0.15) is 0 Å². The fourth-order valence-electron chi connectivity index (χ4n) is 1.88. The summed E-state index contributed by atoms with van der Waals surface area (Å²) in [6.07, 6.45) is 7.72. The van der Waals surface area contributed by atoms with Crippen LogP contribution in [0.4, 0.5) is 0 Å². The first kappa shape index (κ1) is 10.2. The molecule has 0 saturated carbocycles. The van der Waals surface area contributed by atoms with Crippen LogP contribution in [0.5, 0.6) is 0 Å². The Morgan fingerprint density at radius 1 is 1.40 bits per heavy atom. The summed E-state index contributed by atoms with van der Waals surface area (Å²) < 4.78 is 0. The Bertz CT molecular complexity index is 330. The number of aromatic nitrogens is 1. The van der Waals surface area contributed by atoms with E-state index in [0.717, 1.165) is 24.6 Å². The predicted octanol–water partition coefficient (Wildman–Crippen LogP) is 2.83. The maximum atomic E-state index is 4.31. The van der Waals surface area contributed by atoms with Gasteiger partial charge in [-0.25, -0.2) is 0 Å². The third kappa shape index (κ3) is 3.08. The maximum absolute atomic E-state index is 4.31. The first-order valence-electron chi connectivity index (χ1n) is 5.70. The van der Waals surface area contributed by atoms with Gasteiger partial charge in [-0.15, -0.1) is 0 Å². The first-order chi connectivity index (χ1) is 7.34. The van der Waals surface area contributed by atoms with Gasteiger partial charge in [-0.2, -0.15) is 0 Å². The molecule has 1 aromatic heterocycles. The van der Waals surface area contributed by atoms with Crippen molar-refractivity contribution in [2.45, 2.75) is 26.2 Å². The number of nitrogens with zero attached hydrogens (tertiary/aromatic N) is 1. The number of hydrogen-bond donors (Lipinski definition) is 1. The Labute approximate surface area is 91.4 Å². The van der Waals surface area contributed by atoms with E-state index in [9.17, 15) is 0 Å². The van der Waals surface area contributed by atoms with Gasteiger partial charge < -0.3 is 5.32 Å². The van der Waals surface area contributed by atoms with E-state index in [4.69, 9.17) is 0 Å². The second-order valence-electron chi connectivity index (χ2n) is 4.28. The SMILES string of the molecule is C[C@@H]1CCN/C(=C/c2ccccn2)CC1. The molecular weight excluding hydrogens is 184 g/mol. The molecule has 0 unspecified atom stereocenters. The predicted molar refractivity (Wildman–Crippen MR) is 63.2 cm³/mol. The fourth-order valence-corrected chi connectivity index (χ4v) is 1.88. The largest absolute Gasteiger partial charge is 0.388 e. The molecule has 0 spiro atoms. The minimum absolute atomic E-state index is 0.840. The standard InChI is InChI=1S/C13H18N2/c1-11-5-6-13(15-9-7-11)10-12-4-2-3-8-14-12/h2-4,8,10-11,15H,5-7,9H2,1H3/b13-10+/t11-/m0/s1. The summed E-state index contributed by atoms with van der Waals surface area (Å²) in [4.78, 5) is 4.31. The Kier molecular flexibility index (Phi) is 3.38. The van der Waals surface area contributed by atoms with Gasteiger partial charge in [0.2, 0.25) is 0 Å². The number of pyridine rings is 1. The third-order valence-electron chi connectivity index (χ3n) is 2.91. The molecule has 15 heavy (non-hydrogen) atoms. The molecule has 80 valence electrons. The molecule has 1 N–H and O–H groups in total. The third-order valence-corrected chi connectivity index (χ3v) is 2.91. The maximum Gasteiger partial charge on any atom is 0.0646 e. The molecule has 2 heteroatoms. The zero-order valence-electron chi connectivity index (χ0n) is 9.24. The van der Waals surface area contributed by atoms with E-state index in [1.54, 1.807) is 0 Å². The molecule has 2 heterocycles. The van der Waals surface area contributed by atoms with Gasteiger partial charge in [0.25, 0.3) is 0 Å². The van der Waals surface area contributed by atoms with E-state index in [-0.39, 0.29) is 0 Å². The molecule has 2 nitrogen and oxygen atoms in total. The van der Waals surface area contributed by atoms with Crippen LogP contribution in [-0.2, 0) is 0 Å². The van der Waals surface area contributed by atoms with Crippen LogP contribution in [0.3, 0.4) is 0 Å². The molecule has 0 radical (unpaired) electrons. The molecule has 0 bridgehead atoms. The van der Waals surface area contributed by atoms with E-state index in [0.29, 0.717) is 0 Å². The van der Waals surface area contributed by atoms with Crippen molar-refractivity contribution in [1.82, 2.24) is 10.3 Å². The molecule has 0 amide bonds. The van der Waals surface area contributed by atoms with Crippen molar-refractivity contribution in [1.29, 1.82) is 0 Å². The number of rotatable bonds is 1. The van der Waals surface area contributed by atoms with Crippen molar-refractivity contribution in [3.63, 3.8) is 0 Å². The molecule has 1 saturated heterocycles. The van der Waals surface area contributed by atoms with Gasteiger partial charge in [-0.3, -0.25) is 4.98 Å². The summed E-state index contributed by atoms with van der Waals surface area (Å²) >= 11 is 0. The minimum Gasteiger partial charge on any atom is -0.388 e. The lowest BCUT2D eigenvalue weighted by atomic mass is 10.0. The lowest BCUT2D eigenvalue weighted by Crippen LogP contribution is -2.12. The number of allylic oxidation sites excluding steroid dienone is 1. The van der Waals surface area contributed by atoms with Crippen molar-refractivity contribution in [3.05, 3.63) is 35.8 Å². The van der Waals surface area contributed by atoms with Crippen LogP contribution in [0.25, 0.3) is 6.08 Å². The molecule has 0 aliphatic carbocycles. The van der Waals surface area contributed by atoms with Gasteiger partial charge in [-0.05, 0) is 43.4 Å². The zero-order chi connectivity index (χ0) is 10.5. The molecule has 1 fully saturated rings. The topological polar surface area (TPSA) is 24.9 Å². The van der Waals surface area contributed by atoms with Crippen LogP contribution in [-0.4, -0.2) is 11.5 Å². The highest BCUT2D eigenvalue weighted by molar-refractivity contribution is 5.47. The average molecular weight is 202 g/mol. The molecule has 1 aliphatic rings. The molecular formula is C13H18N2. The highest BCUT2D eigenvalue weighted by Crippen LogP contribution is 2.18. The lowest BCUT2D eigenvalue weighted by molar-refractivity contribution is 0.520. The van der Waals surface area contributed by atoms with Crippen LogP contribution < -0.4 is 5.32 Å². The summed E-state index contributed by atoms with van der Waals surface area (Å²) in [6, 6.07) is 6.02. The van der Waals surface area contributed by atoms with Crippen molar-refractivity contribution < 1.29 is 0 Å². The van der Waals surface area contributed by atoms with Crippen LogP contribution in [0, 0.1) is 5.92 Å². The Hall–Kier alpha value is -1.31. The summed E-state index contributed by atoms with van der Waals surface area (Å²) in [5, 5.41) is 3.48. The molecule has 1 aromatic rings. The monoisotopic (exact) mass is 202 g/mol. The van der Waals surface area contributed by atoms with Crippen molar-refractivity contribution in [2.75, 3.05) is 6.54 Å². The van der Waals surface area contributed by atoms with Gasteiger partial charge in [-0.1, -0.05) is 13.0 Å². The molecule has 1 atom stereocenters. The highest BCUT2D eigenvalue weighted by Gasteiger charge is 2.09. The molecule has 0 aromatic carbocycles. The Morgan fingerprint density at radius 3 is 3.13 bits per heavy atom. The van der Waals surface area contributed by atoms with Crippen LogP contribution in [0.2, 0.25) is 0 Å². The highest BCUT2D eigenvalue weighted by atomic mass is 14.9. The quantitative estimate of drug-likeness (QED) is 0.757. The van der Waals surface area contributed by atoms with Crippen molar-refractivity contribution >= 4 is 6.08 Å². The fraction of sp³-hybridized carbons (Fsp3) is 0.462.